The fraction of sp³-hybridized carbons (Fsp3) is 0.524. The standard InChI is InChI=1S/C21H28F3N5S/c1-25-20(26-10-9-19-28-18(15-30-19)21(22,23)24)27-13-16-5-7-17(8-6-16)14-29-11-3-2-4-12-29/h5-8,15H,2-4,9-14H2,1H3,(H2,25,26,27). The summed E-state index contributed by atoms with van der Waals surface area (Å²) in [5, 5.41) is 7.86. The molecule has 2 aromatic rings. The predicted molar refractivity (Wildman–Crippen MR) is 115 cm³/mol. The van der Waals surface area contributed by atoms with E-state index in [4.69, 9.17) is 0 Å². The van der Waals surface area contributed by atoms with Gasteiger partial charge in [-0.25, -0.2) is 4.98 Å². The van der Waals surface area contributed by atoms with Crippen LogP contribution in [0.25, 0.3) is 0 Å². The molecule has 1 aliphatic heterocycles. The second kappa shape index (κ2) is 10.8. The number of aliphatic imine (C=N–C) groups is 1. The highest BCUT2D eigenvalue weighted by atomic mass is 32.1. The van der Waals surface area contributed by atoms with E-state index in [-0.39, 0.29) is 0 Å². The van der Waals surface area contributed by atoms with Crippen molar-refractivity contribution in [2.45, 2.75) is 44.9 Å². The van der Waals surface area contributed by atoms with Crippen LogP contribution in [0.3, 0.4) is 0 Å². The summed E-state index contributed by atoms with van der Waals surface area (Å²) in [6, 6.07) is 8.58. The van der Waals surface area contributed by atoms with Gasteiger partial charge in [0.05, 0.1) is 5.01 Å². The van der Waals surface area contributed by atoms with Crippen LogP contribution in [-0.2, 0) is 25.7 Å². The van der Waals surface area contributed by atoms with Gasteiger partial charge >= 0.3 is 6.18 Å². The highest BCUT2D eigenvalue weighted by Crippen LogP contribution is 2.30. The number of likely N-dealkylation sites (tertiary alicyclic amines) is 1. The summed E-state index contributed by atoms with van der Waals surface area (Å²) in [5.41, 5.74) is 1.65. The highest BCUT2D eigenvalue weighted by Gasteiger charge is 2.33. The van der Waals surface area contributed by atoms with Crippen LogP contribution < -0.4 is 10.6 Å². The molecule has 0 spiro atoms. The topological polar surface area (TPSA) is 52.6 Å². The minimum absolute atomic E-state index is 0.409. The fourth-order valence-electron chi connectivity index (χ4n) is 3.39. The zero-order valence-corrected chi connectivity index (χ0v) is 18.0. The third-order valence-electron chi connectivity index (χ3n) is 5.03. The van der Waals surface area contributed by atoms with Gasteiger partial charge in [0.25, 0.3) is 0 Å². The van der Waals surface area contributed by atoms with Crippen molar-refractivity contribution in [3.05, 3.63) is 51.5 Å². The molecule has 0 aliphatic carbocycles. The Bertz CT molecular complexity index is 811. The van der Waals surface area contributed by atoms with Crippen molar-refractivity contribution in [2.24, 2.45) is 4.99 Å². The Morgan fingerprint density at radius 1 is 1.10 bits per heavy atom. The highest BCUT2D eigenvalue weighted by molar-refractivity contribution is 7.09. The molecule has 1 aliphatic rings. The summed E-state index contributed by atoms with van der Waals surface area (Å²) in [5.74, 6) is 0.611. The first-order chi connectivity index (χ1) is 14.4. The maximum Gasteiger partial charge on any atom is 0.434 e. The van der Waals surface area contributed by atoms with Gasteiger partial charge in [-0.15, -0.1) is 11.3 Å². The van der Waals surface area contributed by atoms with Crippen molar-refractivity contribution in [1.82, 2.24) is 20.5 Å². The molecule has 9 heteroatoms. The van der Waals surface area contributed by atoms with Gasteiger partial charge in [0.1, 0.15) is 0 Å². The van der Waals surface area contributed by atoms with E-state index in [1.807, 2.05) is 0 Å². The zero-order valence-electron chi connectivity index (χ0n) is 17.1. The predicted octanol–water partition coefficient (Wildman–Crippen LogP) is 4.06. The molecular formula is C21H28F3N5S. The van der Waals surface area contributed by atoms with E-state index < -0.39 is 11.9 Å². The largest absolute Gasteiger partial charge is 0.434 e. The minimum Gasteiger partial charge on any atom is -0.356 e. The van der Waals surface area contributed by atoms with Crippen LogP contribution in [0.1, 0.15) is 41.1 Å². The molecule has 0 saturated carbocycles. The first kappa shape index (κ1) is 22.6. The van der Waals surface area contributed by atoms with Gasteiger partial charge in [-0.1, -0.05) is 30.7 Å². The van der Waals surface area contributed by atoms with Crippen LogP contribution in [0, 0.1) is 0 Å². The lowest BCUT2D eigenvalue weighted by Crippen LogP contribution is -2.37. The van der Waals surface area contributed by atoms with Gasteiger partial charge < -0.3 is 10.6 Å². The molecule has 0 unspecified atom stereocenters. The number of piperidine rings is 1. The Labute approximate surface area is 179 Å². The Morgan fingerprint density at radius 3 is 2.43 bits per heavy atom. The van der Waals surface area contributed by atoms with Gasteiger partial charge in [0.2, 0.25) is 0 Å². The van der Waals surface area contributed by atoms with Crippen LogP contribution in [0.2, 0.25) is 0 Å². The van der Waals surface area contributed by atoms with Crippen molar-refractivity contribution >= 4 is 17.3 Å². The molecule has 1 aromatic heterocycles. The van der Waals surface area contributed by atoms with E-state index in [1.165, 1.54) is 37.9 Å². The van der Waals surface area contributed by atoms with Crippen LogP contribution >= 0.6 is 11.3 Å². The van der Waals surface area contributed by atoms with E-state index in [0.717, 1.165) is 28.8 Å². The van der Waals surface area contributed by atoms with E-state index in [2.05, 4.69) is 49.8 Å². The number of benzene rings is 1. The molecule has 1 saturated heterocycles. The van der Waals surface area contributed by atoms with Crippen LogP contribution in [0.15, 0.2) is 34.6 Å². The molecule has 30 heavy (non-hydrogen) atoms. The summed E-state index contributed by atoms with van der Waals surface area (Å²) < 4.78 is 37.8. The van der Waals surface area contributed by atoms with Crippen molar-refractivity contribution in [3.63, 3.8) is 0 Å². The second-order valence-corrected chi connectivity index (χ2v) is 8.32. The molecular weight excluding hydrogens is 411 g/mol. The Hall–Kier alpha value is -2.13. The first-order valence-corrected chi connectivity index (χ1v) is 11.1. The van der Waals surface area contributed by atoms with Crippen LogP contribution in [-0.4, -0.2) is 42.5 Å². The maximum atomic E-state index is 12.6. The molecule has 0 bridgehead atoms. The second-order valence-electron chi connectivity index (χ2n) is 7.38. The van der Waals surface area contributed by atoms with Gasteiger partial charge in [0, 0.05) is 38.5 Å². The molecule has 5 nitrogen and oxygen atoms in total. The number of hydrogen-bond acceptors (Lipinski definition) is 4. The molecule has 2 heterocycles. The zero-order chi connectivity index (χ0) is 21.4. The van der Waals surface area contributed by atoms with Gasteiger partial charge in [-0.2, -0.15) is 13.2 Å². The smallest absolute Gasteiger partial charge is 0.356 e. The van der Waals surface area contributed by atoms with E-state index in [0.29, 0.717) is 30.5 Å². The lowest BCUT2D eigenvalue weighted by atomic mass is 10.1. The normalized spacial score (nSPS) is 15.9. The molecule has 2 N–H and O–H groups in total. The summed E-state index contributed by atoms with van der Waals surface area (Å²) in [6.45, 7) is 4.45. The minimum atomic E-state index is -4.39. The van der Waals surface area contributed by atoms with Crippen molar-refractivity contribution < 1.29 is 13.2 Å². The van der Waals surface area contributed by atoms with E-state index >= 15 is 0 Å². The summed E-state index contributed by atoms with van der Waals surface area (Å²) in [4.78, 5) is 10.3. The number of guanidine groups is 1. The molecule has 0 amide bonds. The first-order valence-electron chi connectivity index (χ1n) is 10.2. The van der Waals surface area contributed by atoms with E-state index in [1.54, 1.807) is 7.05 Å². The third kappa shape index (κ3) is 6.98. The number of nitrogens with zero attached hydrogens (tertiary/aromatic N) is 3. The maximum absolute atomic E-state index is 12.6. The molecule has 0 atom stereocenters. The number of alkyl halides is 3. The van der Waals surface area contributed by atoms with Crippen molar-refractivity contribution in [1.29, 1.82) is 0 Å². The third-order valence-corrected chi connectivity index (χ3v) is 5.94. The summed E-state index contributed by atoms with van der Waals surface area (Å²) >= 11 is 1.02. The lowest BCUT2D eigenvalue weighted by Gasteiger charge is -2.26. The molecule has 164 valence electrons. The SMILES string of the molecule is CN=C(NCCc1nc(C(F)(F)F)cs1)NCc1ccc(CN2CCCCC2)cc1. The van der Waals surface area contributed by atoms with Crippen molar-refractivity contribution in [2.75, 3.05) is 26.7 Å². The molecule has 3 rings (SSSR count). The average molecular weight is 440 g/mol. The van der Waals surface area contributed by atoms with Crippen LogP contribution in [0.5, 0.6) is 0 Å². The number of nitrogens with one attached hydrogen (secondary N) is 2. The van der Waals surface area contributed by atoms with Crippen molar-refractivity contribution in [3.8, 4) is 0 Å². The number of rotatable bonds is 7. The Kier molecular flexibility index (Phi) is 8.09. The van der Waals surface area contributed by atoms with Gasteiger partial charge in [-0.3, -0.25) is 9.89 Å². The van der Waals surface area contributed by atoms with Gasteiger partial charge in [-0.05, 0) is 37.1 Å². The number of thiazole rings is 1. The molecule has 1 aromatic carbocycles. The van der Waals surface area contributed by atoms with Crippen LogP contribution in [0.4, 0.5) is 13.2 Å². The Morgan fingerprint density at radius 2 is 1.80 bits per heavy atom. The summed E-state index contributed by atoms with van der Waals surface area (Å²) in [7, 11) is 1.67. The molecule has 0 radical (unpaired) electrons. The monoisotopic (exact) mass is 439 g/mol. The Balaban J connectivity index is 1.40. The number of halogens is 3. The fourth-order valence-corrected chi connectivity index (χ4v) is 4.19. The summed E-state index contributed by atoms with van der Waals surface area (Å²) in [6.07, 6.45) is -0.0506. The number of aromatic nitrogens is 1. The van der Waals surface area contributed by atoms with E-state index in [9.17, 15) is 13.2 Å². The van der Waals surface area contributed by atoms with Gasteiger partial charge in [0.15, 0.2) is 11.7 Å². The average Bonchev–Trinajstić information content (AvgIpc) is 3.22. The number of hydrogen-bond donors (Lipinski definition) is 2. The molecule has 1 fully saturated rings. The lowest BCUT2D eigenvalue weighted by molar-refractivity contribution is -0.140. The quantitative estimate of drug-likeness (QED) is 0.505.